The number of nitrogens with zero attached hydrogens (tertiary/aromatic N) is 3. The van der Waals surface area contributed by atoms with Gasteiger partial charge in [-0.15, -0.1) is 0 Å². The van der Waals surface area contributed by atoms with Crippen LogP contribution in [0.1, 0.15) is 30.1 Å². The maximum absolute atomic E-state index is 13.0. The lowest BCUT2D eigenvalue weighted by atomic mass is 9.92. The predicted octanol–water partition coefficient (Wildman–Crippen LogP) is 2.30. The number of ether oxygens (including phenoxy) is 1. The summed E-state index contributed by atoms with van der Waals surface area (Å²) in [5.41, 5.74) is 0.496. The van der Waals surface area contributed by atoms with Gasteiger partial charge < -0.3 is 19.9 Å². The molecule has 2 fully saturated rings. The topological polar surface area (TPSA) is 65.1 Å². The number of amides is 3. The van der Waals surface area contributed by atoms with Crippen LogP contribution in [-0.4, -0.2) is 85.6 Å². The van der Waals surface area contributed by atoms with Crippen LogP contribution < -0.4 is 10.1 Å². The first-order valence-electron chi connectivity index (χ1n) is 9.78. The molecule has 3 amide bonds. The SMILES string of the molecule is CCC1(N2CCN(C(=O)c3cc(Cl)ccc3OC)CC2)CCN(C(=O)NC)C1. The second-order valence-corrected chi connectivity index (χ2v) is 7.86. The number of urea groups is 1. The normalized spacial score (nSPS) is 23.0. The maximum Gasteiger partial charge on any atom is 0.317 e. The van der Waals surface area contributed by atoms with Gasteiger partial charge in [-0.3, -0.25) is 9.69 Å². The Balaban J connectivity index is 1.66. The number of carbonyl (C=O) groups excluding carboxylic acids is 2. The van der Waals surface area contributed by atoms with Crippen molar-refractivity contribution in [3.8, 4) is 5.75 Å². The molecule has 0 spiro atoms. The number of hydrogen-bond acceptors (Lipinski definition) is 4. The molecule has 3 rings (SSSR count). The molecule has 1 aromatic rings. The van der Waals surface area contributed by atoms with E-state index in [4.69, 9.17) is 16.3 Å². The highest BCUT2D eigenvalue weighted by atomic mass is 35.5. The fourth-order valence-corrected chi connectivity index (χ4v) is 4.53. The molecule has 2 heterocycles. The van der Waals surface area contributed by atoms with Gasteiger partial charge in [0.05, 0.1) is 12.7 Å². The van der Waals surface area contributed by atoms with Crippen molar-refractivity contribution in [3.63, 3.8) is 0 Å². The number of hydrogen-bond donors (Lipinski definition) is 1. The number of benzene rings is 1. The number of methoxy groups -OCH3 is 1. The number of halogens is 1. The zero-order chi connectivity index (χ0) is 20.3. The van der Waals surface area contributed by atoms with Gasteiger partial charge in [0.2, 0.25) is 0 Å². The smallest absolute Gasteiger partial charge is 0.317 e. The van der Waals surface area contributed by atoms with Gasteiger partial charge in [-0.2, -0.15) is 0 Å². The Hall–Kier alpha value is -1.99. The van der Waals surface area contributed by atoms with Gasteiger partial charge in [-0.1, -0.05) is 18.5 Å². The summed E-state index contributed by atoms with van der Waals surface area (Å²) < 4.78 is 5.33. The average molecular weight is 409 g/mol. The van der Waals surface area contributed by atoms with Crippen LogP contribution in [0.2, 0.25) is 5.02 Å². The van der Waals surface area contributed by atoms with Gasteiger partial charge in [0.1, 0.15) is 5.75 Å². The first-order valence-corrected chi connectivity index (χ1v) is 10.2. The Kier molecular flexibility index (Phi) is 6.35. The molecule has 0 saturated carbocycles. The molecule has 154 valence electrons. The summed E-state index contributed by atoms with van der Waals surface area (Å²) in [6.07, 6.45) is 1.95. The van der Waals surface area contributed by atoms with E-state index < -0.39 is 0 Å². The molecule has 0 bridgehead atoms. The van der Waals surface area contributed by atoms with Gasteiger partial charge >= 0.3 is 6.03 Å². The molecule has 1 N–H and O–H groups in total. The third-order valence-electron chi connectivity index (χ3n) is 6.12. The van der Waals surface area contributed by atoms with Crippen molar-refractivity contribution in [2.75, 3.05) is 53.4 Å². The number of piperazine rings is 1. The molecule has 28 heavy (non-hydrogen) atoms. The molecule has 2 saturated heterocycles. The van der Waals surface area contributed by atoms with E-state index in [1.807, 2.05) is 9.80 Å². The Morgan fingerprint density at radius 2 is 1.89 bits per heavy atom. The molecule has 0 aromatic heterocycles. The van der Waals surface area contributed by atoms with Crippen LogP contribution in [0.15, 0.2) is 18.2 Å². The monoisotopic (exact) mass is 408 g/mol. The van der Waals surface area contributed by atoms with Gasteiger partial charge in [-0.25, -0.2) is 4.79 Å². The second-order valence-electron chi connectivity index (χ2n) is 7.43. The van der Waals surface area contributed by atoms with E-state index in [1.54, 1.807) is 32.4 Å². The largest absolute Gasteiger partial charge is 0.496 e. The highest BCUT2D eigenvalue weighted by Gasteiger charge is 2.44. The molecule has 0 radical (unpaired) electrons. The van der Waals surface area contributed by atoms with Crippen molar-refractivity contribution < 1.29 is 14.3 Å². The van der Waals surface area contributed by atoms with Gasteiger partial charge in [0, 0.05) is 56.9 Å². The Labute approximate surface area is 171 Å². The molecule has 0 aliphatic carbocycles. The van der Waals surface area contributed by atoms with Crippen molar-refractivity contribution in [1.29, 1.82) is 0 Å². The highest BCUT2D eigenvalue weighted by Crippen LogP contribution is 2.33. The van der Waals surface area contributed by atoms with Crippen molar-refractivity contribution in [1.82, 2.24) is 20.0 Å². The third kappa shape index (κ3) is 3.91. The summed E-state index contributed by atoms with van der Waals surface area (Å²) in [5, 5.41) is 3.24. The predicted molar refractivity (Wildman–Crippen MR) is 109 cm³/mol. The molecule has 1 aromatic carbocycles. The standard InChI is InChI=1S/C20H29ClN4O3/c1-4-20(7-8-24(14-20)19(27)22-2)25-11-9-23(10-12-25)18(26)16-13-15(21)5-6-17(16)28-3/h5-6,13H,4,7-12,14H2,1-3H3,(H,22,27). The van der Waals surface area contributed by atoms with Crippen LogP contribution in [0, 0.1) is 0 Å². The van der Waals surface area contributed by atoms with Crippen molar-refractivity contribution >= 4 is 23.5 Å². The Morgan fingerprint density at radius 1 is 1.18 bits per heavy atom. The second kappa shape index (κ2) is 8.57. The summed E-state index contributed by atoms with van der Waals surface area (Å²) in [5.74, 6) is 0.488. The minimum atomic E-state index is -0.0528. The third-order valence-corrected chi connectivity index (χ3v) is 6.36. The molecule has 1 unspecified atom stereocenters. The maximum atomic E-state index is 13.0. The van der Waals surface area contributed by atoms with Gasteiger partial charge in [0.25, 0.3) is 5.91 Å². The summed E-state index contributed by atoms with van der Waals surface area (Å²) in [6.45, 7) is 6.58. The van der Waals surface area contributed by atoms with E-state index in [0.717, 1.165) is 39.0 Å². The molecule has 2 aliphatic heterocycles. The number of rotatable bonds is 4. The summed E-state index contributed by atoms with van der Waals surface area (Å²) in [6, 6.07) is 5.10. The number of nitrogens with one attached hydrogen (secondary N) is 1. The van der Waals surface area contributed by atoms with Crippen molar-refractivity contribution in [3.05, 3.63) is 28.8 Å². The first-order chi connectivity index (χ1) is 13.4. The van der Waals surface area contributed by atoms with Crippen LogP contribution >= 0.6 is 11.6 Å². The lowest BCUT2D eigenvalue weighted by Gasteiger charge is -2.45. The lowest BCUT2D eigenvalue weighted by molar-refractivity contribution is 0.0300. The van der Waals surface area contributed by atoms with E-state index in [2.05, 4.69) is 17.1 Å². The number of carbonyl (C=O) groups is 2. The molecule has 1 atom stereocenters. The van der Waals surface area contributed by atoms with E-state index >= 15 is 0 Å². The zero-order valence-electron chi connectivity index (χ0n) is 16.8. The molecule has 2 aliphatic rings. The molecular weight excluding hydrogens is 380 g/mol. The molecule has 7 nitrogen and oxygen atoms in total. The fourth-order valence-electron chi connectivity index (χ4n) is 4.36. The van der Waals surface area contributed by atoms with Crippen molar-refractivity contribution in [2.45, 2.75) is 25.3 Å². The minimum absolute atomic E-state index is 0.00457. The summed E-state index contributed by atoms with van der Waals surface area (Å²) in [7, 11) is 3.23. The summed E-state index contributed by atoms with van der Waals surface area (Å²) >= 11 is 6.08. The Bertz CT molecular complexity index is 736. The first kappa shape index (κ1) is 20.7. The molecular formula is C20H29ClN4O3. The van der Waals surface area contributed by atoms with E-state index in [9.17, 15) is 9.59 Å². The van der Waals surface area contributed by atoms with E-state index in [-0.39, 0.29) is 17.5 Å². The van der Waals surface area contributed by atoms with E-state index in [1.165, 1.54) is 0 Å². The average Bonchev–Trinajstić information content (AvgIpc) is 3.18. The van der Waals surface area contributed by atoms with Gasteiger partial charge in [0.15, 0.2) is 0 Å². The van der Waals surface area contributed by atoms with Crippen LogP contribution in [0.5, 0.6) is 5.75 Å². The van der Waals surface area contributed by atoms with Crippen LogP contribution in [0.3, 0.4) is 0 Å². The Morgan fingerprint density at radius 3 is 2.50 bits per heavy atom. The number of likely N-dealkylation sites (tertiary alicyclic amines) is 1. The lowest BCUT2D eigenvalue weighted by Crippen LogP contribution is -2.59. The highest BCUT2D eigenvalue weighted by molar-refractivity contribution is 6.31. The van der Waals surface area contributed by atoms with E-state index in [0.29, 0.717) is 29.4 Å². The minimum Gasteiger partial charge on any atom is -0.496 e. The molecule has 8 heteroatoms. The van der Waals surface area contributed by atoms with Crippen LogP contribution in [0.25, 0.3) is 0 Å². The van der Waals surface area contributed by atoms with Gasteiger partial charge in [-0.05, 0) is 31.0 Å². The quantitative estimate of drug-likeness (QED) is 0.830. The fraction of sp³-hybridized carbons (Fsp3) is 0.600. The van der Waals surface area contributed by atoms with Crippen LogP contribution in [-0.2, 0) is 0 Å². The van der Waals surface area contributed by atoms with Crippen LogP contribution in [0.4, 0.5) is 4.79 Å². The summed E-state index contributed by atoms with van der Waals surface area (Å²) in [4.78, 5) is 31.2. The zero-order valence-corrected chi connectivity index (χ0v) is 17.6. The van der Waals surface area contributed by atoms with Crippen molar-refractivity contribution in [2.24, 2.45) is 0 Å².